The minimum absolute atomic E-state index is 0.0702. The van der Waals surface area contributed by atoms with Crippen molar-refractivity contribution in [1.29, 1.82) is 0 Å². The van der Waals surface area contributed by atoms with E-state index in [9.17, 15) is 18.0 Å². The zero-order chi connectivity index (χ0) is 17.6. The predicted octanol–water partition coefficient (Wildman–Crippen LogP) is 2.06. The van der Waals surface area contributed by atoms with E-state index in [1.165, 1.54) is 4.90 Å². The van der Waals surface area contributed by atoms with Crippen molar-refractivity contribution in [2.24, 2.45) is 5.92 Å². The van der Waals surface area contributed by atoms with Crippen molar-refractivity contribution in [1.82, 2.24) is 15.5 Å². The quantitative estimate of drug-likeness (QED) is 0.797. The number of carbonyl (C=O) groups is 1. The Labute approximate surface area is 140 Å². The smallest absolute Gasteiger partial charge is 0.352 e. The van der Waals surface area contributed by atoms with Gasteiger partial charge in [0, 0.05) is 18.7 Å². The molecule has 134 valence electrons. The Morgan fingerprint density at radius 2 is 2.08 bits per heavy atom. The molecule has 1 heterocycles. The molecular weight excluding hydrogens is 319 g/mol. The average Bonchev–Trinajstić information content (AvgIpc) is 2.96. The van der Waals surface area contributed by atoms with Crippen LogP contribution in [0.15, 0.2) is 24.3 Å². The second kappa shape index (κ2) is 8.48. The van der Waals surface area contributed by atoms with Crippen molar-refractivity contribution in [3.8, 4) is 0 Å². The fourth-order valence-electron chi connectivity index (χ4n) is 3.03. The summed E-state index contributed by atoms with van der Waals surface area (Å²) in [6.07, 6.45) is -2.73. The molecule has 1 aliphatic heterocycles. The van der Waals surface area contributed by atoms with Crippen molar-refractivity contribution in [2.75, 3.05) is 39.8 Å². The average molecular weight is 343 g/mol. The van der Waals surface area contributed by atoms with Crippen LogP contribution in [-0.4, -0.2) is 56.8 Å². The Morgan fingerprint density at radius 1 is 1.33 bits per heavy atom. The second-order valence-electron chi connectivity index (χ2n) is 6.23. The van der Waals surface area contributed by atoms with E-state index in [-0.39, 0.29) is 11.8 Å². The first kappa shape index (κ1) is 18.7. The summed E-state index contributed by atoms with van der Waals surface area (Å²) in [5.41, 5.74) is 1.60. The highest BCUT2D eigenvalue weighted by atomic mass is 19.4. The van der Waals surface area contributed by atoms with Crippen LogP contribution in [0.1, 0.15) is 22.3 Å². The Kier molecular flexibility index (Phi) is 6.62. The first-order chi connectivity index (χ1) is 11.4. The normalized spacial score (nSPS) is 18.8. The van der Waals surface area contributed by atoms with E-state index in [0.29, 0.717) is 31.6 Å². The van der Waals surface area contributed by atoms with Crippen LogP contribution < -0.4 is 10.6 Å². The van der Waals surface area contributed by atoms with Crippen LogP contribution in [0.2, 0.25) is 0 Å². The summed E-state index contributed by atoms with van der Waals surface area (Å²) < 4.78 is 37.2. The number of likely N-dealkylation sites (tertiary alicyclic amines) is 1. The molecule has 24 heavy (non-hydrogen) atoms. The predicted molar refractivity (Wildman–Crippen MR) is 87.0 cm³/mol. The molecule has 2 N–H and O–H groups in total. The number of likely N-dealkylation sites (N-methyl/N-ethyl adjacent to an activating group) is 1. The van der Waals surface area contributed by atoms with E-state index in [0.717, 1.165) is 18.5 Å². The van der Waals surface area contributed by atoms with Gasteiger partial charge in [0.05, 0.1) is 6.54 Å². The molecule has 7 heteroatoms. The van der Waals surface area contributed by atoms with Crippen LogP contribution in [0.25, 0.3) is 0 Å². The van der Waals surface area contributed by atoms with E-state index < -0.39 is 12.7 Å². The van der Waals surface area contributed by atoms with Crippen molar-refractivity contribution < 1.29 is 18.0 Å². The lowest BCUT2D eigenvalue weighted by molar-refractivity contribution is -0.143. The molecule has 0 spiro atoms. The van der Waals surface area contributed by atoms with Gasteiger partial charge in [-0.3, -0.25) is 9.69 Å². The van der Waals surface area contributed by atoms with E-state index in [2.05, 4.69) is 10.6 Å². The number of benzene rings is 1. The monoisotopic (exact) mass is 343 g/mol. The maximum Gasteiger partial charge on any atom is 0.401 e. The molecule has 0 aliphatic carbocycles. The zero-order valence-corrected chi connectivity index (χ0v) is 13.8. The molecule has 0 aromatic heterocycles. The SMILES string of the molecule is CNCCc1ccccc1C(=O)NCC1CCN(CC(F)(F)F)C1. The second-order valence-corrected chi connectivity index (χ2v) is 6.23. The minimum atomic E-state index is -4.16. The Balaban J connectivity index is 1.84. The lowest BCUT2D eigenvalue weighted by Gasteiger charge is -2.18. The third-order valence-corrected chi connectivity index (χ3v) is 4.23. The number of amides is 1. The highest BCUT2D eigenvalue weighted by molar-refractivity contribution is 5.95. The first-order valence-electron chi connectivity index (χ1n) is 8.19. The number of hydrogen-bond donors (Lipinski definition) is 2. The number of hydrogen-bond acceptors (Lipinski definition) is 3. The van der Waals surface area contributed by atoms with E-state index in [1.54, 1.807) is 6.07 Å². The van der Waals surface area contributed by atoms with Crippen LogP contribution in [0.3, 0.4) is 0 Å². The number of nitrogens with one attached hydrogen (secondary N) is 2. The molecule has 1 saturated heterocycles. The van der Waals surface area contributed by atoms with Crippen LogP contribution in [-0.2, 0) is 6.42 Å². The van der Waals surface area contributed by atoms with Gasteiger partial charge < -0.3 is 10.6 Å². The fraction of sp³-hybridized carbons (Fsp3) is 0.588. The number of rotatable bonds is 7. The number of nitrogens with zero attached hydrogens (tertiary/aromatic N) is 1. The molecule has 4 nitrogen and oxygen atoms in total. The van der Waals surface area contributed by atoms with Gasteiger partial charge in [-0.15, -0.1) is 0 Å². The van der Waals surface area contributed by atoms with Crippen LogP contribution >= 0.6 is 0 Å². The highest BCUT2D eigenvalue weighted by Crippen LogP contribution is 2.22. The van der Waals surface area contributed by atoms with E-state index in [1.807, 2.05) is 25.2 Å². The van der Waals surface area contributed by atoms with Gasteiger partial charge in [0.25, 0.3) is 5.91 Å². The van der Waals surface area contributed by atoms with Gasteiger partial charge >= 0.3 is 6.18 Å². The number of alkyl halides is 3. The van der Waals surface area contributed by atoms with Gasteiger partial charge in [-0.2, -0.15) is 13.2 Å². The summed E-state index contributed by atoms with van der Waals surface area (Å²) in [5.74, 6) is -0.0863. The van der Waals surface area contributed by atoms with Crippen molar-refractivity contribution in [2.45, 2.75) is 19.0 Å². The third kappa shape index (κ3) is 5.79. The van der Waals surface area contributed by atoms with Crippen LogP contribution in [0.4, 0.5) is 13.2 Å². The molecule has 0 radical (unpaired) electrons. The summed E-state index contributed by atoms with van der Waals surface area (Å²) in [7, 11) is 1.86. The highest BCUT2D eigenvalue weighted by Gasteiger charge is 2.34. The Morgan fingerprint density at radius 3 is 2.79 bits per heavy atom. The maximum absolute atomic E-state index is 12.4. The molecule has 1 aromatic carbocycles. The molecule has 1 amide bonds. The standard InChI is InChI=1S/C17H24F3N3O/c1-21-8-6-14-4-2-3-5-15(14)16(24)22-10-13-7-9-23(11-13)12-17(18,19)20/h2-5,13,21H,6-12H2,1H3,(H,22,24). The van der Waals surface area contributed by atoms with Crippen molar-refractivity contribution in [3.63, 3.8) is 0 Å². The van der Waals surface area contributed by atoms with Crippen molar-refractivity contribution in [3.05, 3.63) is 35.4 Å². The third-order valence-electron chi connectivity index (χ3n) is 4.23. The van der Waals surface area contributed by atoms with Gasteiger partial charge in [-0.1, -0.05) is 18.2 Å². The topological polar surface area (TPSA) is 44.4 Å². The molecule has 0 bridgehead atoms. The molecule has 1 aliphatic rings. The summed E-state index contributed by atoms with van der Waals surface area (Å²) >= 11 is 0. The maximum atomic E-state index is 12.4. The largest absolute Gasteiger partial charge is 0.401 e. The molecule has 1 atom stereocenters. The molecule has 1 fully saturated rings. The first-order valence-corrected chi connectivity index (χ1v) is 8.19. The molecule has 2 rings (SSSR count). The lowest BCUT2D eigenvalue weighted by atomic mass is 10.0. The summed E-state index contributed by atoms with van der Waals surface area (Å²) in [4.78, 5) is 13.8. The van der Waals surface area contributed by atoms with Crippen LogP contribution in [0.5, 0.6) is 0 Å². The fourth-order valence-corrected chi connectivity index (χ4v) is 3.03. The lowest BCUT2D eigenvalue weighted by Crippen LogP contribution is -2.35. The molecule has 1 aromatic rings. The Bertz CT molecular complexity index is 548. The van der Waals surface area contributed by atoms with Gasteiger partial charge in [-0.25, -0.2) is 0 Å². The summed E-state index contributed by atoms with van der Waals surface area (Å²) in [6.45, 7) is 1.12. The van der Waals surface area contributed by atoms with Gasteiger partial charge in [0.1, 0.15) is 0 Å². The number of carbonyl (C=O) groups excluding carboxylic acids is 1. The van der Waals surface area contributed by atoms with Gasteiger partial charge in [0.2, 0.25) is 0 Å². The van der Waals surface area contributed by atoms with Gasteiger partial charge in [0.15, 0.2) is 0 Å². The van der Waals surface area contributed by atoms with Crippen molar-refractivity contribution >= 4 is 5.91 Å². The Hall–Kier alpha value is -1.60. The summed E-state index contributed by atoms with van der Waals surface area (Å²) in [6, 6.07) is 7.42. The van der Waals surface area contributed by atoms with Crippen LogP contribution in [0, 0.1) is 5.92 Å². The van der Waals surface area contributed by atoms with E-state index >= 15 is 0 Å². The zero-order valence-electron chi connectivity index (χ0n) is 13.8. The minimum Gasteiger partial charge on any atom is -0.352 e. The molecule has 1 unspecified atom stereocenters. The van der Waals surface area contributed by atoms with Gasteiger partial charge in [-0.05, 0) is 50.5 Å². The van der Waals surface area contributed by atoms with E-state index in [4.69, 9.17) is 0 Å². The summed E-state index contributed by atoms with van der Waals surface area (Å²) in [5, 5.41) is 5.93. The molecular formula is C17H24F3N3O. The molecule has 0 saturated carbocycles. The number of halogens is 3.